The maximum atomic E-state index is 12.5. The third kappa shape index (κ3) is 3.78. The average Bonchev–Trinajstić information content (AvgIpc) is 3.03. The lowest BCUT2D eigenvalue weighted by Gasteiger charge is -2.35. The fourth-order valence-electron chi connectivity index (χ4n) is 4.10. The molecule has 4 rings (SSSR count). The molecule has 2 aromatic rings. The molecule has 7 heteroatoms. The third-order valence-electron chi connectivity index (χ3n) is 5.78. The van der Waals surface area contributed by atoms with Crippen LogP contribution in [0.15, 0.2) is 41.7 Å². The monoisotopic (exact) mass is 367 g/mol. The number of likely N-dealkylation sites (tertiary alicyclic amines) is 2. The zero-order chi connectivity index (χ0) is 18.8. The topological polar surface area (TPSA) is 71.3 Å². The van der Waals surface area contributed by atoms with Gasteiger partial charge in [-0.15, -0.1) is 0 Å². The molecule has 0 aliphatic carbocycles. The molecule has 0 aromatic carbocycles. The number of hydrogen-bond acceptors (Lipinski definition) is 5. The number of aromatic nitrogens is 3. The van der Waals surface area contributed by atoms with Crippen molar-refractivity contribution in [1.82, 2.24) is 24.3 Å². The lowest BCUT2D eigenvalue weighted by Crippen LogP contribution is -2.46. The SMILES string of the molecule is CN1CCC(N2CCC(Cn3cnc(-c4cccnc4)cc3=O)CC2)C1=O. The molecule has 4 heterocycles. The van der Waals surface area contributed by atoms with Gasteiger partial charge >= 0.3 is 0 Å². The number of hydrogen-bond donors (Lipinski definition) is 0. The first-order chi connectivity index (χ1) is 13.1. The van der Waals surface area contributed by atoms with Crippen LogP contribution >= 0.6 is 0 Å². The number of pyridine rings is 1. The Kier molecular flexibility index (Phi) is 5.03. The second kappa shape index (κ2) is 7.60. The van der Waals surface area contributed by atoms with Crippen LogP contribution in [0.1, 0.15) is 19.3 Å². The Labute approximate surface area is 158 Å². The average molecular weight is 367 g/mol. The van der Waals surface area contributed by atoms with E-state index in [1.54, 1.807) is 29.4 Å². The van der Waals surface area contributed by atoms with Crippen molar-refractivity contribution in [1.29, 1.82) is 0 Å². The summed E-state index contributed by atoms with van der Waals surface area (Å²) in [5, 5.41) is 0. The minimum atomic E-state index is -0.0288. The highest BCUT2D eigenvalue weighted by molar-refractivity contribution is 5.83. The maximum absolute atomic E-state index is 12.5. The molecule has 2 aliphatic rings. The molecule has 0 radical (unpaired) electrons. The molecule has 1 unspecified atom stereocenters. The predicted molar refractivity (Wildman–Crippen MR) is 102 cm³/mol. The quantitative estimate of drug-likeness (QED) is 0.813. The fourth-order valence-corrected chi connectivity index (χ4v) is 4.10. The Morgan fingerprint density at radius 1 is 1.15 bits per heavy atom. The molecule has 27 heavy (non-hydrogen) atoms. The van der Waals surface area contributed by atoms with Crippen molar-refractivity contribution < 1.29 is 4.79 Å². The Morgan fingerprint density at radius 2 is 1.96 bits per heavy atom. The second-order valence-electron chi connectivity index (χ2n) is 7.55. The standard InChI is InChI=1S/C20H25N5O2/c1-23-8-6-18(20(23)27)24-9-4-15(5-10-24)13-25-14-22-17(11-19(25)26)16-3-2-7-21-12-16/h2-3,7,11-12,14-15,18H,4-6,8-10,13H2,1H3. The molecular weight excluding hydrogens is 342 g/mol. The molecule has 2 fully saturated rings. The first kappa shape index (κ1) is 17.9. The van der Waals surface area contributed by atoms with Crippen LogP contribution in [0.4, 0.5) is 0 Å². The normalized spacial score (nSPS) is 21.7. The second-order valence-corrected chi connectivity index (χ2v) is 7.55. The summed E-state index contributed by atoms with van der Waals surface area (Å²) < 4.78 is 1.70. The van der Waals surface area contributed by atoms with E-state index < -0.39 is 0 Å². The van der Waals surface area contributed by atoms with Crippen LogP contribution in [0.3, 0.4) is 0 Å². The van der Waals surface area contributed by atoms with Crippen molar-refractivity contribution in [2.45, 2.75) is 31.8 Å². The Morgan fingerprint density at radius 3 is 2.59 bits per heavy atom. The van der Waals surface area contributed by atoms with Gasteiger partial charge < -0.3 is 4.90 Å². The number of likely N-dealkylation sites (N-methyl/N-ethyl adjacent to an activating group) is 1. The molecule has 2 saturated heterocycles. The zero-order valence-corrected chi connectivity index (χ0v) is 15.6. The van der Waals surface area contributed by atoms with Crippen molar-refractivity contribution in [2.24, 2.45) is 5.92 Å². The molecule has 2 aliphatic heterocycles. The lowest BCUT2D eigenvalue weighted by molar-refractivity contribution is -0.131. The number of carbonyl (C=O) groups is 1. The highest BCUT2D eigenvalue weighted by Crippen LogP contribution is 2.24. The van der Waals surface area contributed by atoms with Gasteiger partial charge in [0.1, 0.15) is 0 Å². The highest BCUT2D eigenvalue weighted by Gasteiger charge is 2.35. The molecule has 1 amide bonds. The number of amides is 1. The summed E-state index contributed by atoms with van der Waals surface area (Å²) in [7, 11) is 1.88. The predicted octanol–water partition coefficient (Wildman–Crippen LogP) is 1.25. The van der Waals surface area contributed by atoms with Gasteiger partial charge in [0.15, 0.2) is 0 Å². The van der Waals surface area contributed by atoms with E-state index in [1.165, 1.54) is 0 Å². The van der Waals surface area contributed by atoms with E-state index in [0.717, 1.165) is 44.5 Å². The van der Waals surface area contributed by atoms with Crippen molar-refractivity contribution in [3.8, 4) is 11.3 Å². The maximum Gasteiger partial charge on any atom is 0.253 e. The Hall–Kier alpha value is -2.54. The van der Waals surface area contributed by atoms with Crippen molar-refractivity contribution in [3.63, 3.8) is 0 Å². The first-order valence-corrected chi connectivity index (χ1v) is 9.58. The highest BCUT2D eigenvalue weighted by atomic mass is 16.2. The lowest BCUT2D eigenvalue weighted by atomic mass is 9.95. The molecule has 0 spiro atoms. The summed E-state index contributed by atoms with van der Waals surface area (Å²) in [5.41, 5.74) is 1.48. The zero-order valence-electron chi connectivity index (χ0n) is 15.6. The smallest absolute Gasteiger partial charge is 0.253 e. The van der Waals surface area contributed by atoms with E-state index >= 15 is 0 Å². The third-order valence-corrected chi connectivity index (χ3v) is 5.78. The van der Waals surface area contributed by atoms with Crippen LogP contribution in [-0.4, -0.2) is 63.0 Å². The molecule has 7 nitrogen and oxygen atoms in total. The van der Waals surface area contributed by atoms with E-state index in [0.29, 0.717) is 18.2 Å². The van der Waals surface area contributed by atoms with Crippen LogP contribution < -0.4 is 5.56 Å². The summed E-state index contributed by atoms with van der Waals surface area (Å²) >= 11 is 0. The number of piperidine rings is 1. The van der Waals surface area contributed by atoms with Gasteiger partial charge in [-0.25, -0.2) is 4.98 Å². The van der Waals surface area contributed by atoms with E-state index in [4.69, 9.17) is 0 Å². The van der Waals surface area contributed by atoms with Crippen LogP contribution in [0.25, 0.3) is 11.3 Å². The molecule has 142 valence electrons. The Bertz CT molecular complexity index is 858. The summed E-state index contributed by atoms with van der Waals surface area (Å²) in [4.78, 5) is 37.3. The van der Waals surface area contributed by atoms with Gasteiger partial charge in [0.25, 0.3) is 5.56 Å². The van der Waals surface area contributed by atoms with E-state index in [9.17, 15) is 9.59 Å². The van der Waals surface area contributed by atoms with Gasteiger partial charge in [-0.2, -0.15) is 0 Å². The molecule has 0 saturated carbocycles. The van der Waals surface area contributed by atoms with Gasteiger partial charge in [0.2, 0.25) is 5.91 Å². The van der Waals surface area contributed by atoms with Gasteiger partial charge in [0, 0.05) is 44.2 Å². The molecule has 0 N–H and O–H groups in total. The van der Waals surface area contributed by atoms with E-state index in [2.05, 4.69) is 14.9 Å². The summed E-state index contributed by atoms with van der Waals surface area (Å²) in [6, 6.07) is 5.37. The van der Waals surface area contributed by atoms with Crippen LogP contribution in [0, 0.1) is 5.92 Å². The van der Waals surface area contributed by atoms with Crippen LogP contribution in [0.2, 0.25) is 0 Å². The van der Waals surface area contributed by atoms with E-state index in [-0.39, 0.29) is 17.5 Å². The largest absolute Gasteiger partial charge is 0.344 e. The van der Waals surface area contributed by atoms with Gasteiger partial charge in [-0.3, -0.25) is 24.0 Å². The van der Waals surface area contributed by atoms with Gasteiger partial charge in [-0.05, 0) is 50.4 Å². The first-order valence-electron chi connectivity index (χ1n) is 9.58. The van der Waals surface area contributed by atoms with Gasteiger partial charge in [-0.1, -0.05) is 0 Å². The molecule has 2 aromatic heterocycles. The minimum absolute atomic E-state index is 0.0288. The van der Waals surface area contributed by atoms with E-state index in [1.807, 2.05) is 24.1 Å². The van der Waals surface area contributed by atoms with Crippen LogP contribution in [0.5, 0.6) is 0 Å². The molecule has 1 atom stereocenters. The summed E-state index contributed by atoms with van der Waals surface area (Å²) in [6.45, 7) is 3.38. The molecular formula is C20H25N5O2. The molecule has 0 bridgehead atoms. The van der Waals surface area contributed by atoms with Crippen molar-refractivity contribution in [3.05, 3.63) is 47.3 Å². The Balaban J connectivity index is 1.37. The number of rotatable bonds is 4. The van der Waals surface area contributed by atoms with Crippen molar-refractivity contribution >= 4 is 5.91 Å². The van der Waals surface area contributed by atoms with Crippen molar-refractivity contribution in [2.75, 3.05) is 26.7 Å². The summed E-state index contributed by atoms with van der Waals surface area (Å²) in [6.07, 6.45) is 8.00. The fraction of sp³-hybridized carbons (Fsp3) is 0.500. The minimum Gasteiger partial charge on any atom is -0.344 e. The van der Waals surface area contributed by atoms with Crippen LogP contribution in [-0.2, 0) is 11.3 Å². The number of nitrogens with zero attached hydrogens (tertiary/aromatic N) is 5. The van der Waals surface area contributed by atoms with Gasteiger partial charge in [0.05, 0.1) is 18.1 Å². The summed E-state index contributed by atoms with van der Waals surface area (Å²) in [5.74, 6) is 0.694. The number of carbonyl (C=O) groups excluding carboxylic acids is 1.